The Morgan fingerprint density at radius 2 is 1.57 bits per heavy atom. The summed E-state index contributed by atoms with van der Waals surface area (Å²) in [6, 6.07) is 3.98. The van der Waals surface area contributed by atoms with Gasteiger partial charge < -0.3 is 8.19 Å². The molecular weight excluding hydrogens is 103 g/mol. The van der Waals surface area contributed by atoms with E-state index in [-0.39, 0.29) is 0 Å². The van der Waals surface area contributed by atoms with Crippen molar-refractivity contribution in [3.05, 3.63) is 22.0 Å². The summed E-state index contributed by atoms with van der Waals surface area (Å²) in [4.78, 5) is 2.29. The molecule has 0 aliphatic heterocycles. The van der Waals surface area contributed by atoms with Crippen LogP contribution in [0.5, 0.6) is 0 Å². The van der Waals surface area contributed by atoms with E-state index < -0.39 is 0 Å². The van der Waals surface area contributed by atoms with Crippen molar-refractivity contribution in [2.75, 3.05) is 0 Å². The molecular formula is C6H6P-. The summed E-state index contributed by atoms with van der Waals surface area (Å²) in [6.45, 7) is 7.49. The molecule has 0 unspecified atom stereocenters. The van der Waals surface area contributed by atoms with Crippen LogP contribution in [0, 0.1) is 0 Å². The Hall–Kier alpha value is -0.480. The fourth-order valence-electron chi connectivity index (χ4n) is 0.451. The van der Waals surface area contributed by atoms with Gasteiger partial charge in [-0.15, -0.1) is 13.2 Å². The molecule has 1 heteroatoms. The maximum absolute atomic E-state index is 3.74. The normalized spacial score (nSPS) is 9.14. The Balaban J connectivity index is 3.59. The lowest BCUT2D eigenvalue weighted by Gasteiger charge is -1.80. The molecule has 1 aromatic rings. The Kier molecular flexibility index (Phi) is 1.04. The molecule has 0 fully saturated rings. The zero-order valence-corrected chi connectivity index (χ0v) is 4.91. The van der Waals surface area contributed by atoms with Crippen molar-refractivity contribution in [2.45, 2.75) is 0 Å². The number of hydrogen-bond acceptors (Lipinski definition) is 0. The summed E-state index contributed by atoms with van der Waals surface area (Å²) in [6.07, 6.45) is 0. The van der Waals surface area contributed by atoms with E-state index in [1.54, 1.807) is 0 Å². The molecule has 0 aliphatic carbocycles. The third kappa shape index (κ3) is 0.942. The number of rotatable bonds is 0. The molecule has 0 nitrogen and oxygen atoms in total. The Morgan fingerprint density at radius 1 is 1.14 bits per heavy atom. The van der Waals surface area contributed by atoms with Crippen molar-refractivity contribution >= 4 is 21.4 Å². The minimum atomic E-state index is 1.14. The Labute approximate surface area is 44.3 Å². The molecule has 0 spiro atoms. The minimum absolute atomic E-state index is 1.14. The van der Waals surface area contributed by atoms with Crippen molar-refractivity contribution < 1.29 is 0 Å². The lowest BCUT2D eigenvalue weighted by Crippen LogP contribution is -1.80. The maximum atomic E-state index is 3.74. The first-order valence-corrected chi connectivity index (χ1v) is 2.96. The molecule has 0 N–H and O–H groups in total. The van der Waals surface area contributed by atoms with Gasteiger partial charge in [0.1, 0.15) is 0 Å². The van der Waals surface area contributed by atoms with Gasteiger partial charge >= 0.3 is 0 Å². The van der Waals surface area contributed by atoms with E-state index >= 15 is 0 Å². The molecule has 1 rings (SSSR count). The van der Waals surface area contributed by atoms with Crippen LogP contribution in [0.1, 0.15) is 0 Å². The zero-order chi connectivity index (χ0) is 5.28. The van der Waals surface area contributed by atoms with Crippen LogP contribution in [0.2, 0.25) is 0 Å². The third-order valence-corrected chi connectivity index (χ3v) is 1.63. The largest absolute Gasteiger partial charge is 0.517 e. The first kappa shape index (κ1) is 4.67. The summed E-state index contributed by atoms with van der Waals surface area (Å²) in [5, 5.41) is 0. The van der Waals surface area contributed by atoms with Gasteiger partial charge in [-0.25, -0.2) is 0 Å². The second-order valence-electron chi connectivity index (χ2n) is 1.43. The van der Waals surface area contributed by atoms with Crippen LogP contribution in [0.25, 0.3) is 13.2 Å². The van der Waals surface area contributed by atoms with Crippen molar-refractivity contribution in [3.8, 4) is 0 Å². The highest BCUT2D eigenvalue weighted by Crippen LogP contribution is 1.79. The van der Waals surface area contributed by atoms with Gasteiger partial charge in [0.15, 0.2) is 0 Å². The monoisotopic (exact) mass is 109 g/mol. The van der Waals surface area contributed by atoms with Gasteiger partial charge in [-0.1, -0.05) is 12.1 Å². The molecule has 36 valence electrons. The fourth-order valence-corrected chi connectivity index (χ4v) is 1.12. The second-order valence-corrected chi connectivity index (χ2v) is 2.80. The van der Waals surface area contributed by atoms with Crippen LogP contribution < -0.4 is 9.90 Å². The highest BCUT2D eigenvalue weighted by Gasteiger charge is 1.56. The second kappa shape index (κ2) is 1.55. The highest BCUT2D eigenvalue weighted by atomic mass is 31.0. The Bertz CT molecular complexity index is 208. The van der Waals surface area contributed by atoms with Crippen molar-refractivity contribution in [1.29, 1.82) is 0 Å². The van der Waals surface area contributed by atoms with Gasteiger partial charge in [0.05, 0.1) is 0 Å². The van der Waals surface area contributed by atoms with Gasteiger partial charge in [-0.05, 0) is 0 Å². The average molecular weight is 109 g/mol. The van der Waals surface area contributed by atoms with Gasteiger partial charge in [0.2, 0.25) is 0 Å². The topological polar surface area (TPSA) is 0 Å². The highest BCUT2D eigenvalue weighted by molar-refractivity contribution is 7.28. The van der Waals surface area contributed by atoms with E-state index in [2.05, 4.69) is 13.2 Å². The summed E-state index contributed by atoms with van der Waals surface area (Å²) >= 11 is 0. The molecule has 0 saturated carbocycles. The summed E-state index contributed by atoms with van der Waals surface area (Å²) in [7, 11) is 1.19. The molecule has 1 heterocycles. The van der Waals surface area contributed by atoms with Gasteiger partial charge in [0.25, 0.3) is 0 Å². The molecule has 1 aromatic heterocycles. The molecule has 0 atom stereocenters. The van der Waals surface area contributed by atoms with Crippen LogP contribution in [0.4, 0.5) is 0 Å². The summed E-state index contributed by atoms with van der Waals surface area (Å²) in [5.74, 6) is 0. The van der Waals surface area contributed by atoms with Crippen LogP contribution in [-0.4, -0.2) is 0 Å². The molecule has 0 radical (unpaired) electrons. The fraction of sp³-hybridized carbons (Fsp3) is 0. The zero-order valence-electron chi connectivity index (χ0n) is 4.02. The average Bonchev–Trinajstić information content (AvgIpc) is 1.87. The first-order valence-electron chi connectivity index (χ1n) is 2.07. The van der Waals surface area contributed by atoms with E-state index in [0.29, 0.717) is 0 Å². The lowest BCUT2D eigenvalue weighted by molar-refractivity contribution is 1.89. The minimum Gasteiger partial charge on any atom is -0.517 e. The van der Waals surface area contributed by atoms with E-state index in [1.165, 1.54) is 8.19 Å². The maximum Gasteiger partial charge on any atom is -0.0893 e. The van der Waals surface area contributed by atoms with Gasteiger partial charge in [-0.2, -0.15) is 9.90 Å². The predicted molar refractivity (Wildman–Crippen MR) is 34.8 cm³/mol. The van der Waals surface area contributed by atoms with Crippen LogP contribution in [-0.2, 0) is 0 Å². The third-order valence-electron chi connectivity index (χ3n) is 0.755. The summed E-state index contributed by atoms with van der Waals surface area (Å²) < 4.78 is 0. The molecule has 0 aliphatic rings. The van der Waals surface area contributed by atoms with Gasteiger partial charge in [-0.3, -0.25) is 0 Å². The van der Waals surface area contributed by atoms with E-state index in [1.807, 2.05) is 12.1 Å². The Morgan fingerprint density at radius 3 is 1.71 bits per heavy atom. The van der Waals surface area contributed by atoms with Crippen LogP contribution >= 0.6 is 8.19 Å². The standard InChI is InChI=1S/C6H6P/c1-5-3-4-6(2)7-5/h3-4H,1-2H2/q-1. The van der Waals surface area contributed by atoms with E-state index in [0.717, 1.165) is 9.90 Å². The number of hydrogen-bond donors (Lipinski definition) is 0. The molecule has 0 amide bonds. The predicted octanol–water partition coefficient (Wildman–Crippen LogP) is 0.806. The SMILES string of the molecule is C=c1ccc(=C)[p-]1. The molecule has 0 saturated heterocycles. The molecule has 7 heavy (non-hydrogen) atoms. The van der Waals surface area contributed by atoms with Crippen molar-refractivity contribution in [3.63, 3.8) is 0 Å². The van der Waals surface area contributed by atoms with Crippen molar-refractivity contribution in [2.24, 2.45) is 0 Å². The smallest absolute Gasteiger partial charge is 0.0893 e. The first-order chi connectivity index (χ1) is 3.29. The molecule has 0 aromatic carbocycles. The van der Waals surface area contributed by atoms with Crippen LogP contribution in [0.3, 0.4) is 0 Å². The van der Waals surface area contributed by atoms with E-state index in [9.17, 15) is 0 Å². The lowest BCUT2D eigenvalue weighted by atomic mass is 10.6. The van der Waals surface area contributed by atoms with Gasteiger partial charge in [0, 0.05) is 0 Å². The quantitative estimate of drug-likeness (QED) is 0.462. The van der Waals surface area contributed by atoms with E-state index in [4.69, 9.17) is 0 Å². The summed E-state index contributed by atoms with van der Waals surface area (Å²) in [5.41, 5.74) is 0. The van der Waals surface area contributed by atoms with Crippen molar-refractivity contribution in [1.82, 2.24) is 0 Å². The molecule has 0 bridgehead atoms. The van der Waals surface area contributed by atoms with Crippen LogP contribution in [0.15, 0.2) is 12.1 Å².